The van der Waals surface area contributed by atoms with Gasteiger partial charge in [-0.3, -0.25) is 0 Å². The minimum Gasteiger partial charge on any atom is -0.198 e. The zero-order valence-electron chi connectivity index (χ0n) is 6.01. The Balaban J connectivity index is 2.96. The van der Waals surface area contributed by atoms with Crippen LogP contribution in [0, 0.1) is 25.2 Å². The molecule has 0 aliphatic carbocycles. The van der Waals surface area contributed by atoms with Gasteiger partial charge in [0.15, 0.2) is 0 Å². The van der Waals surface area contributed by atoms with Gasteiger partial charge in [0, 0.05) is 4.88 Å². The quantitative estimate of drug-likeness (QED) is 0.615. The zero-order chi connectivity index (χ0) is 7.56. The number of aryl methyl sites for hydroxylation is 1. The van der Waals surface area contributed by atoms with Gasteiger partial charge in [0.25, 0.3) is 0 Å². The number of nitrogens with zero attached hydrogens (tertiary/aromatic N) is 2. The molecule has 1 heterocycles. The van der Waals surface area contributed by atoms with E-state index < -0.39 is 0 Å². The highest BCUT2D eigenvalue weighted by atomic mass is 32.1. The molecule has 0 fully saturated rings. The Labute approximate surface area is 64.3 Å². The minimum absolute atomic E-state index is 0.441. The first-order chi connectivity index (χ1) is 4.75. The zero-order valence-corrected chi connectivity index (χ0v) is 6.83. The van der Waals surface area contributed by atoms with E-state index in [0.717, 1.165) is 5.69 Å². The van der Waals surface area contributed by atoms with Crippen LogP contribution in [0.15, 0.2) is 0 Å². The normalized spacial score (nSPS) is 9.30. The van der Waals surface area contributed by atoms with Crippen LogP contribution in [0.5, 0.6) is 0 Å². The molecule has 0 atom stereocenters. The van der Waals surface area contributed by atoms with E-state index in [4.69, 9.17) is 5.26 Å². The van der Waals surface area contributed by atoms with Crippen LogP contribution in [0.2, 0.25) is 0 Å². The molecule has 52 valence electrons. The third kappa shape index (κ3) is 1.17. The maximum Gasteiger partial charge on any atom is 0.0788 e. The molecule has 0 unspecified atom stereocenters. The summed E-state index contributed by atoms with van der Waals surface area (Å²) < 4.78 is 4.12. The van der Waals surface area contributed by atoms with Crippen molar-refractivity contribution in [1.29, 1.82) is 5.26 Å². The van der Waals surface area contributed by atoms with Crippen molar-refractivity contribution in [2.45, 2.75) is 20.3 Å². The van der Waals surface area contributed by atoms with Crippen LogP contribution in [0.25, 0.3) is 0 Å². The Bertz CT molecular complexity index is 270. The Morgan fingerprint density at radius 3 is 2.70 bits per heavy atom. The molecule has 0 aliphatic heterocycles. The second kappa shape index (κ2) is 2.80. The summed E-state index contributed by atoms with van der Waals surface area (Å²) in [5.41, 5.74) is 2.11. The molecule has 0 bridgehead atoms. The molecule has 0 aromatic carbocycles. The Morgan fingerprint density at radius 2 is 2.30 bits per heavy atom. The molecule has 0 radical (unpaired) electrons. The number of nitriles is 1. The molecule has 3 heteroatoms. The molecule has 1 aromatic rings. The Kier molecular flexibility index (Phi) is 2.03. The van der Waals surface area contributed by atoms with Crippen LogP contribution in [-0.4, -0.2) is 4.37 Å². The monoisotopic (exact) mass is 152 g/mol. The minimum atomic E-state index is 0.441. The summed E-state index contributed by atoms with van der Waals surface area (Å²) in [4.78, 5) is 1.21. The third-order valence-corrected chi connectivity index (χ3v) is 2.39. The topological polar surface area (TPSA) is 36.7 Å². The molecule has 1 aromatic heterocycles. The van der Waals surface area contributed by atoms with Gasteiger partial charge in [0.2, 0.25) is 0 Å². The van der Waals surface area contributed by atoms with Crippen LogP contribution in [0.1, 0.15) is 16.1 Å². The van der Waals surface area contributed by atoms with Gasteiger partial charge in [-0.25, -0.2) is 0 Å². The van der Waals surface area contributed by atoms with Crippen molar-refractivity contribution in [3.63, 3.8) is 0 Å². The van der Waals surface area contributed by atoms with Gasteiger partial charge in [-0.15, -0.1) is 0 Å². The van der Waals surface area contributed by atoms with Crippen LogP contribution >= 0.6 is 11.5 Å². The number of hydrogen-bond acceptors (Lipinski definition) is 3. The first kappa shape index (κ1) is 7.23. The van der Waals surface area contributed by atoms with Crippen molar-refractivity contribution in [3.05, 3.63) is 16.1 Å². The predicted octanol–water partition coefficient (Wildman–Crippen LogP) is 1.83. The first-order valence-electron chi connectivity index (χ1n) is 3.04. The van der Waals surface area contributed by atoms with E-state index in [1.807, 2.05) is 13.8 Å². The van der Waals surface area contributed by atoms with Gasteiger partial charge in [0.05, 0.1) is 18.2 Å². The molecular formula is C7H8N2S. The van der Waals surface area contributed by atoms with Crippen molar-refractivity contribution in [1.82, 2.24) is 4.37 Å². The van der Waals surface area contributed by atoms with Crippen molar-refractivity contribution < 1.29 is 0 Å². The molecule has 1 rings (SSSR count). The number of rotatable bonds is 1. The van der Waals surface area contributed by atoms with Crippen molar-refractivity contribution >= 4 is 11.5 Å². The van der Waals surface area contributed by atoms with E-state index in [9.17, 15) is 0 Å². The fourth-order valence-corrected chi connectivity index (χ4v) is 1.41. The average molecular weight is 152 g/mol. The molecule has 2 nitrogen and oxygen atoms in total. The van der Waals surface area contributed by atoms with Crippen molar-refractivity contribution in [2.75, 3.05) is 0 Å². The Morgan fingerprint density at radius 1 is 1.60 bits per heavy atom. The van der Waals surface area contributed by atoms with Crippen molar-refractivity contribution in [2.24, 2.45) is 0 Å². The van der Waals surface area contributed by atoms with Crippen LogP contribution in [0.3, 0.4) is 0 Å². The fourth-order valence-electron chi connectivity index (χ4n) is 0.703. The summed E-state index contributed by atoms with van der Waals surface area (Å²) >= 11 is 1.47. The summed E-state index contributed by atoms with van der Waals surface area (Å²) in [6.07, 6.45) is 0.441. The molecule has 10 heavy (non-hydrogen) atoms. The van der Waals surface area contributed by atoms with E-state index in [1.165, 1.54) is 22.0 Å². The van der Waals surface area contributed by atoms with Gasteiger partial charge in [-0.05, 0) is 30.9 Å². The maximum atomic E-state index is 8.37. The van der Waals surface area contributed by atoms with Gasteiger partial charge < -0.3 is 0 Å². The number of hydrogen-bond donors (Lipinski definition) is 0. The second-order valence-corrected chi connectivity index (χ2v) is 3.12. The number of aromatic nitrogens is 1. The summed E-state index contributed by atoms with van der Waals surface area (Å²) in [5, 5.41) is 8.37. The summed E-state index contributed by atoms with van der Waals surface area (Å²) in [6, 6.07) is 2.08. The highest BCUT2D eigenvalue weighted by Gasteiger charge is 2.03. The highest BCUT2D eigenvalue weighted by Crippen LogP contribution is 2.15. The lowest BCUT2D eigenvalue weighted by molar-refractivity contribution is 1.15. The largest absolute Gasteiger partial charge is 0.198 e. The lowest BCUT2D eigenvalue weighted by Crippen LogP contribution is -1.83. The van der Waals surface area contributed by atoms with Crippen LogP contribution in [-0.2, 0) is 6.42 Å². The predicted molar refractivity (Wildman–Crippen MR) is 40.9 cm³/mol. The van der Waals surface area contributed by atoms with E-state index in [0.29, 0.717) is 6.42 Å². The van der Waals surface area contributed by atoms with Crippen LogP contribution < -0.4 is 0 Å². The standard InChI is InChI=1S/C7H8N2S/c1-5-6(2)10-9-7(5)3-4-8/h3H2,1-2H3. The lowest BCUT2D eigenvalue weighted by atomic mass is 10.2. The molecular weight excluding hydrogens is 144 g/mol. The smallest absolute Gasteiger partial charge is 0.0788 e. The summed E-state index contributed by atoms with van der Waals surface area (Å²) in [7, 11) is 0. The molecule has 0 aliphatic rings. The average Bonchev–Trinajstić information content (AvgIpc) is 2.20. The van der Waals surface area contributed by atoms with Gasteiger partial charge >= 0.3 is 0 Å². The third-order valence-electron chi connectivity index (χ3n) is 1.50. The van der Waals surface area contributed by atoms with E-state index in [-0.39, 0.29) is 0 Å². The molecule has 0 amide bonds. The van der Waals surface area contributed by atoms with Gasteiger partial charge in [0.1, 0.15) is 0 Å². The highest BCUT2D eigenvalue weighted by molar-refractivity contribution is 7.05. The summed E-state index contributed by atoms with van der Waals surface area (Å²) in [5.74, 6) is 0. The first-order valence-corrected chi connectivity index (χ1v) is 3.81. The van der Waals surface area contributed by atoms with Crippen LogP contribution in [0.4, 0.5) is 0 Å². The van der Waals surface area contributed by atoms with E-state index in [2.05, 4.69) is 10.4 Å². The molecule has 0 saturated heterocycles. The summed E-state index contributed by atoms with van der Waals surface area (Å²) in [6.45, 7) is 4.03. The van der Waals surface area contributed by atoms with E-state index in [1.54, 1.807) is 0 Å². The van der Waals surface area contributed by atoms with E-state index >= 15 is 0 Å². The lowest BCUT2D eigenvalue weighted by Gasteiger charge is -1.87. The molecule has 0 saturated carbocycles. The molecule has 0 spiro atoms. The molecule has 0 N–H and O–H groups in total. The second-order valence-electron chi connectivity index (χ2n) is 2.15. The fraction of sp³-hybridized carbons (Fsp3) is 0.429. The van der Waals surface area contributed by atoms with Gasteiger partial charge in [-0.2, -0.15) is 9.64 Å². The SMILES string of the molecule is Cc1snc(CC#N)c1C. The maximum absolute atomic E-state index is 8.37. The van der Waals surface area contributed by atoms with Crippen molar-refractivity contribution in [3.8, 4) is 6.07 Å². The van der Waals surface area contributed by atoms with Gasteiger partial charge in [-0.1, -0.05) is 0 Å². The Hall–Kier alpha value is -0.880.